The first-order valence-electron chi connectivity index (χ1n) is 5.01. The number of ether oxygens (including phenoxy) is 2. The van der Waals surface area contributed by atoms with Gasteiger partial charge in [-0.1, -0.05) is 6.07 Å². The molecule has 0 bridgehead atoms. The van der Waals surface area contributed by atoms with Gasteiger partial charge in [-0.15, -0.1) is 0 Å². The summed E-state index contributed by atoms with van der Waals surface area (Å²) >= 11 is 0. The van der Waals surface area contributed by atoms with Crippen molar-refractivity contribution in [2.24, 2.45) is 7.05 Å². The second kappa shape index (κ2) is 4.26. The minimum atomic E-state index is 0.575. The quantitative estimate of drug-likeness (QED) is 0.794. The summed E-state index contributed by atoms with van der Waals surface area (Å²) in [5.41, 5.74) is 0.931. The molecule has 0 radical (unpaired) electrons. The predicted molar refractivity (Wildman–Crippen MR) is 61.0 cm³/mol. The molecule has 0 aliphatic carbocycles. The normalized spacial score (nSPS) is 10.2. The Bertz CT molecular complexity index is 492. The summed E-state index contributed by atoms with van der Waals surface area (Å²) in [5, 5.41) is 0. The van der Waals surface area contributed by atoms with Gasteiger partial charge in [0, 0.05) is 19.3 Å². The second-order valence-electron chi connectivity index (χ2n) is 3.56. The smallest absolute Gasteiger partial charge is 0.301 e. The molecule has 2 aromatic rings. The molecule has 2 rings (SSSR count). The van der Waals surface area contributed by atoms with Crippen LogP contribution in [0.5, 0.6) is 17.5 Å². The number of nitrogens with zero attached hydrogens (tertiary/aromatic N) is 2. The molecule has 16 heavy (non-hydrogen) atoms. The minimum absolute atomic E-state index is 0.575. The topological polar surface area (TPSA) is 36.3 Å². The van der Waals surface area contributed by atoms with Gasteiger partial charge in [-0.2, -0.15) is 0 Å². The van der Waals surface area contributed by atoms with Crippen molar-refractivity contribution in [2.45, 2.75) is 6.92 Å². The van der Waals surface area contributed by atoms with E-state index in [1.165, 1.54) is 0 Å². The highest BCUT2D eigenvalue weighted by Gasteiger charge is 2.05. The van der Waals surface area contributed by atoms with Crippen LogP contribution in [0.1, 0.15) is 5.69 Å². The fourth-order valence-corrected chi connectivity index (χ4v) is 1.46. The van der Waals surface area contributed by atoms with Crippen molar-refractivity contribution in [3.63, 3.8) is 0 Å². The first-order chi connectivity index (χ1) is 7.69. The van der Waals surface area contributed by atoms with Gasteiger partial charge in [-0.05, 0) is 19.1 Å². The number of imidazole rings is 1. The van der Waals surface area contributed by atoms with Gasteiger partial charge in [0.05, 0.1) is 12.8 Å². The van der Waals surface area contributed by atoms with Crippen LogP contribution in [-0.2, 0) is 7.05 Å². The molecule has 0 unspecified atom stereocenters. The van der Waals surface area contributed by atoms with E-state index in [0.717, 1.165) is 11.4 Å². The average Bonchev–Trinajstić information content (AvgIpc) is 2.58. The number of rotatable bonds is 3. The molecule has 0 saturated heterocycles. The average molecular weight is 218 g/mol. The largest absolute Gasteiger partial charge is 0.497 e. The first-order valence-corrected chi connectivity index (χ1v) is 5.01. The molecule has 0 aliphatic heterocycles. The van der Waals surface area contributed by atoms with E-state index in [9.17, 15) is 0 Å². The first kappa shape index (κ1) is 10.5. The van der Waals surface area contributed by atoms with Crippen LogP contribution < -0.4 is 9.47 Å². The molecule has 0 atom stereocenters. The van der Waals surface area contributed by atoms with Crippen LogP contribution >= 0.6 is 0 Å². The maximum Gasteiger partial charge on any atom is 0.301 e. The van der Waals surface area contributed by atoms with E-state index in [1.54, 1.807) is 7.11 Å². The molecule has 4 nitrogen and oxygen atoms in total. The zero-order valence-corrected chi connectivity index (χ0v) is 9.60. The molecule has 0 spiro atoms. The number of benzene rings is 1. The molecule has 84 valence electrons. The van der Waals surface area contributed by atoms with Crippen LogP contribution in [-0.4, -0.2) is 16.7 Å². The van der Waals surface area contributed by atoms with E-state index in [4.69, 9.17) is 9.47 Å². The van der Waals surface area contributed by atoms with Crippen molar-refractivity contribution < 1.29 is 9.47 Å². The maximum absolute atomic E-state index is 5.64. The Hall–Kier alpha value is -1.97. The van der Waals surface area contributed by atoms with Crippen molar-refractivity contribution >= 4 is 0 Å². The Balaban J connectivity index is 2.23. The summed E-state index contributed by atoms with van der Waals surface area (Å²) < 4.78 is 12.6. The maximum atomic E-state index is 5.64. The number of hydrogen-bond donors (Lipinski definition) is 0. The van der Waals surface area contributed by atoms with Gasteiger partial charge in [-0.25, -0.2) is 4.98 Å². The Kier molecular flexibility index (Phi) is 2.81. The van der Waals surface area contributed by atoms with Crippen LogP contribution in [0, 0.1) is 6.92 Å². The van der Waals surface area contributed by atoms with Crippen molar-refractivity contribution in [1.82, 2.24) is 9.55 Å². The highest BCUT2D eigenvalue weighted by molar-refractivity contribution is 5.34. The predicted octanol–water partition coefficient (Wildman–Crippen LogP) is 2.53. The molecule has 0 fully saturated rings. The molecule has 0 saturated carbocycles. The van der Waals surface area contributed by atoms with Gasteiger partial charge < -0.3 is 14.0 Å². The molecule has 1 aromatic carbocycles. The van der Waals surface area contributed by atoms with Gasteiger partial charge in [-0.3, -0.25) is 0 Å². The fourth-order valence-electron chi connectivity index (χ4n) is 1.46. The van der Waals surface area contributed by atoms with Crippen LogP contribution in [0.2, 0.25) is 0 Å². The lowest BCUT2D eigenvalue weighted by atomic mass is 10.3. The number of methoxy groups -OCH3 is 1. The third-order valence-electron chi connectivity index (χ3n) is 2.20. The van der Waals surface area contributed by atoms with Gasteiger partial charge in [0.2, 0.25) is 0 Å². The summed E-state index contributed by atoms with van der Waals surface area (Å²) in [5.74, 6) is 1.48. The SMILES string of the molecule is COc1cccc(Oc2nc(C)cn2C)c1. The molecule has 0 N–H and O–H groups in total. The fraction of sp³-hybridized carbons (Fsp3) is 0.250. The Morgan fingerprint density at radius 3 is 2.62 bits per heavy atom. The van der Waals surface area contributed by atoms with Crippen molar-refractivity contribution in [1.29, 1.82) is 0 Å². The highest BCUT2D eigenvalue weighted by atomic mass is 16.5. The second-order valence-corrected chi connectivity index (χ2v) is 3.56. The van der Waals surface area contributed by atoms with Gasteiger partial charge in [0.15, 0.2) is 0 Å². The number of aromatic nitrogens is 2. The lowest BCUT2D eigenvalue weighted by Crippen LogP contribution is -1.93. The summed E-state index contributed by atoms with van der Waals surface area (Å²) in [6.45, 7) is 1.93. The standard InChI is InChI=1S/C12H14N2O2/c1-9-8-14(2)12(13-9)16-11-6-4-5-10(7-11)15-3/h4-8H,1-3H3. The molecule has 0 amide bonds. The van der Waals surface area contributed by atoms with E-state index in [-0.39, 0.29) is 0 Å². The monoisotopic (exact) mass is 218 g/mol. The zero-order valence-electron chi connectivity index (χ0n) is 9.60. The van der Waals surface area contributed by atoms with Gasteiger partial charge in [0.25, 0.3) is 0 Å². The van der Waals surface area contributed by atoms with Crippen molar-refractivity contribution in [2.75, 3.05) is 7.11 Å². The van der Waals surface area contributed by atoms with E-state index >= 15 is 0 Å². The minimum Gasteiger partial charge on any atom is -0.497 e. The van der Waals surface area contributed by atoms with E-state index in [2.05, 4.69) is 4.98 Å². The van der Waals surface area contributed by atoms with Gasteiger partial charge >= 0.3 is 6.01 Å². The van der Waals surface area contributed by atoms with Crippen molar-refractivity contribution in [3.05, 3.63) is 36.2 Å². The summed E-state index contributed by atoms with van der Waals surface area (Å²) in [6, 6.07) is 8.02. The van der Waals surface area contributed by atoms with Crippen molar-refractivity contribution in [3.8, 4) is 17.5 Å². The molecule has 4 heteroatoms. The number of aryl methyl sites for hydroxylation is 2. The third-order valence-corrected chi connectivity index (χ3v) is 2.20. The van der Waals surface area contributed by atoms with Crippen LogP contribution in [0.3, 0.4) is 0 Å². The Morgan fingerprint density at radius 1 is 1.25 bits per heavy atom. The zero-order chi connectivity index (χ0) is 11.5. The van der Waals surface area contributed by atoms with Crippen LogP contribution in [0.25, 0.3) is 0 Å². The molecular formula is C12H14N2O2. The van der Waals surface area contributed by atoms with Gasteiger partial charge in [0.1, 0.15) is 11.5 Å². The Morgan fingerprint density at radius 2 is 2.00 bits per heavy atom. The summed E-state index contributed by atoms with van der Waals surface area (Å²) in [4.78, 5) is 4.26. The lowest BCUT2D eigenvalue weighted by Gasteiger charge is -2.06. The van der Waals surface area contributed by atoms with Crippen LogP contribution in [0.4, 0.5) is 0 Å². The van der Waals surface area contributed by atoms with E-state index in [0.29, 0.717) is 11.8 Å². The third kappa shape index (κ3) is 2.16. The lowest BCUT2D eigenvalue weighted by molar-refractivity contribution is 0.399. The van der Waals surface area contributed by atoms with E-state index in [1.807, 2.05) is 49.0 Å². The Labute approximate surface area is 94.4 Å². The molecule has 1 heterocycles. The summed E-state index contributed by atoms with van der Waals surface area (Å²) in [6.07, 6.45) is 1.91. The highest BCUT2D eigenvalue weighted by Crippen LogP contribution is 2.24. The molecule has 1 aromatic heterocycles. The summed E-state index contributed by atoms with van der Waals surface area (Å²) in [7, 11) is 3.53. The van der Waals surface area contributed by atoms with E-state index < -0.39 is 0 Å². The number of hydrogen-bond acceptors (Lipinski definition) is 3. The molecular weight excluding hydrogens is 204 g/mol. The molecule has 0 aliphatic rings. The van der Waals surface area contributed by atoms with Crippen LogP contribution in [0.15, 0.2) is 30.5 Å².